The first-order chi connectivity index (χ1) is 12.1. The second kappa shape index (κ2) is 7.76. The molecule has 0 radical (unpaired) electrons. The number of hydrogen-bond acceptors (Lipinski definition) is 4. The van der Waals surface area contributed by atoms with Crippen LogP contribution >= 0.6 is 0 Å². The zero-order valence-corrected chi connectivity index (χ0v) is 14.7. The van der Waals surface area contributed by atoms with Gasteiger partial charge in [-0.1, -0.05) is 25.1 Å². The van der Waals surface area contributed by atoms with Crippen LogP contribution < -0.4 is 5.32 Å². The van der Waals surface area contributed by atoms with Crippen molar-refractivity contribution in [3.8, 4) is 0 Å². The fraction of sp³-hybridized carbons (Fsp3) is 0.400. The average molecular weight is 340 g/mol. The molecule has 1 aliphatic rings. The van der Waals surface area contributed by atoms with Gasteiger partial charge in [-0.3, -0.25) is 9.78 Å². The molecule has 1 atom stereocenters. The van der Waals surface area contributed by atoms with E-state index in [0.717, 1.165) is 22.9 Å². The Balaban J connectivity index is 1.54. The second-order valence-electron chi connectivity index (χ2n) is 6.64. The number of amides is 1. The van der Waals surface area contributed by atoms with Crippen molar-refractivity contribution < 1.29 is 14.3 Å². The SMILES string of the molecule is C[C@@H](CNC(=O)/C=C/c1ccnc2ccccc12)CC1(C)OCCO1. The molecule has 25 heavy (non-hydrogen) atoms. The third-order valence-electron chi connectivity index (χ3n) is 4.34. The van der Waals surface area contributed by atoms with Crippen LogP contribution in [0.3, 0.4) is 0 Å². The van der Waals surface area contributed by atoms with E-state index in [1.54, 1.807) is 12.3 Å². The van der Waals surface area contributed by atoms with Crippen LogP contribution in [0.5, 0.6) is 0 Å². The van der Waals surface area contributed by atoms with Crippen LogP contribution in [-0.2, 0) is 14.3 Å². The number of nitrogens with one attached hydrogen (secondary N) is 1. The van der Waals surface area contributed by atoms with Gasteiger partial charge in [0, 0.05) is 30.6 Å². The van der Waals surface area contributed by atoms with Crippen molar-refractivity contribution in [1.29, 1.82) is 0 Å². The maximum absolute atomic E-state index is 12.1. The molecule has 132 valence electrons. The van der Waals surface area contributed by atoms with E-state index in [-0.39, 0.29) is 11.8 Å². The molecule has 0 unspecified atom stereocenters. The lowest BCUT2D eigenvalue weighted by atomic mass is 10.0. The van der Waals surface area contributed by atoms with Gasteiger partial charge in [0.1, 0.15) is 0 Å². The van der Waals surface area contributed by atoms with Crippen molar-refractivity contribution >= 4 is 22.9 Å². The van der Waals surface area contributed by atoms with E-state index in [2.05, 4.69) is 17.2 Å². The predicted molar refractivity (Wildman–Crippen MR) is 97.9 cm³/mol. The zero-order valence-electron chi connectivity index (χ0n) is 14.7. The number of hydrogen-bond donors (Lipinski definition) is 1. The van der Waals surface area contributed by atoms with Crippen LogP contribution in [0.4, 0.5) is 0 Å². The minimum atomic E-state index is -0.518. The molecule has 2 heterocycles. The van der Waals surface area contributed by atoms with E-state index in [0.29, 0.717) is 19.8 Å². The van der Waals surface area contributed by atoms with Crippen LogP contribution in [0.25, 0.3) is 17.0 Å². The first-order valence-electron chi connectivity index (χ1n) is 8.63. The summed E-state index contributed by atoms with van der Waals surface area (Å²) >= 11 is 0. The summed E-state index contributed by atoms with van der Waals surface area (Å²) in [7, 11) is 0. The van der Waals surface area contributed by atoms with Gasteiger partial charge in [0.2, 0.25) is 5.91 Å². The highest BCUT2D eigenvalue weighted by Gasteiger charge is 2.32. The summed E-state index contributed by atoms with van der Waals surface area (Å²) in [6.45, 7) is 5.89. The summed E-state index contributed by atoms with van der Waals surface area (Å²) in [6.07, 6.45) is 5.91. The molecule has 3 rings (SSSR count). The Labute approximate surface area is 148 Å². The predicted octanol–water partition coefficient (Wildman–Crippen LogP) is 3.15. The van der Waals surface area contributed by atoms with E-state index < -0.39 is 5.79 Å². The molecule has 0 aliphatic carbocycles. The third-order valence-corrected chi connectivity index (χ3v) is 4.34. The largest absolute Gasteiger partial charge is 0.352 e. The van der Waals surface area contributed by atoms with Crippen molar-refractivity contribution in [1.82, 2.24) is 10.3 Å². The number of fused-ring (bicyclic) bond motifs is 1. The number of aromatic nitrogens is 1. The topological polar surface area (TPSA) is 60.5 Å². The van der Waals surface area contributed by atoms with E-state index in [9.17, 15) is 4.79 Å². The summed E-state index contributed by atoms with van der Waals surface area (Å²) in [5, 5.41) is 3.97. The molecule has 5 heteroatoms. The summed E-state index contributed by atoms with van der Waals surface area (Å²) in [4.78, 5) is 16.4. The van der Waals surface area contributed by atoms with Gasteiger partial charge in [0.15, 0.2) is 5.79 Å². The zero-order chi connectivity index (χ0) is 17.7. The molecule has 1 fully saturated rings. The van der Waals surface area contributed by atoms with Crippen molar-refractivity contribution in [3.05, 3.63) is 48.2 Å². The summed E-state index contributed by atoms with van der Waals surface area (Å²) in [5.74, 6) is -0.357. The quantitative estimate of drug-likeness (QED) is 0.821. The Morgan fingerprint density at radius 3 is 2.88 bits per heavy atom. The Morgan fingerprint density at radius 2 is 2.08 bits per heavy atom. The molecule has 5 nitrogen and oxygen atoms in total. The Morgan fingerprint density at radius 1 is 1.32 bits per heavy atom. The van der Waals surface area contributed by atoms with Crippen LogP contribution in [0.2, 0.25) is 0 Å². The standard InChI is InChI=1S/C20H24N2O3/c1-15(13-20(2)24-11-12-25-20)14-22-19(23)8-7-16-9-10-21-18-6-4-3-5-17(16)18/h3-10,15H,11-14H2,1-2H3,(H,22,23)/b8-7+/t15-/m1/s1. The molecule has 1 aromatic heterocycles. The van der Waals surface area contributed by atoms with Crippen LogP contribution in [0.1, 0.15) is 25.8 Å². The number of benzene rings is 1. The van der Waals surface area contributed by atoms with Crippen LogP contribution in [0, 0.1) is 5.92 Å². The number of ether oxygens (including phenoxy) is 2. The monoisotopic (exact) mass is 340 g/mol. The molecule has 0 saturated carbocycles. The number of para-hydroxylation sites is 1. The summed E-state index contributed by atoms with van der Waals surface area (Å²) in [6, 6.07) is 9.79. The molecule has 0 spiro atoms. The summed E-state index contributed by atoms with van der Waals surface area (Å²) in [5.41, 5.74) is 1.90. The minimum absolute atomic E-state index is 0.105. The van der Waals surface area contributed by atoms with Gasteiger partial charge in [0.05, 0.1) is 18.7 Å². The molecule has 1 N–H and O–H groups in total. The van der Waals surface area contributed by atoms with Gasteiger partial charge in [0.25, 0.3) is 0 Å². The van der Waals surface area contributed by atoms with Crippen LogP contribution in [-0.4, -0.2) is 36.4 Å². The van der Waals surface area contributed by atoms with E-state index >= 15 is 0 Å². The second-order valence-corrected chi connectivity index (χ2v) is 6.64. The van der Waals surface area contributed by atoms with Crippen molar-refractivity contribution in [3.63, 3.8) is 0 Å². The highest BCUT2D eigenvalue weighted by atomic mass is 16.7. The van der Waals surface area contributed by atoms with Crippen molar-refractivity contribution in [2.45, 2.75) is 26.1 Å². The van der Waals surface area contributed by atoms with Crippen molar-refractivity contribution in [2.24, 2.45) is 5.92 Å². The Hall–Kier alpha value is -2.24. The van der Waals surface area contributed by atoms with Gasteiger partial charge in [-0.05, 0) is 36.6 Å². The van der Waals surface area contributed by atoms with Gasteiger partial charge >= 0.3 is 0 Å². The maximum atomic E-state index is 12.1. The van der Waals surface area contributed by atoms with Gasteiger partial charge in [-0.15, -0.1) is 0 Å². The molecule has 2 aromatic rings. The highest BCUT2D eigenvalue weighted by Crippen LogP contribution is 2.26. The third kappa shape index (κ3) is 4.65. The normalized spacial score (nSPS) is 17.8. The fourth-order valence-corrected chi connectivity index (χ4v) is 3.14. The Bertz CT molecular complexity index is 761. The van der Waals surface area contributed by atoms with Gasteiger partial charge < -0.3 is 14.8 Å². The van der Waals surface area contributed by atoms with E-state index in [1.165, 1.54) is 0 Å². The first kappa shape index (κ1) is 17.6. The van der Waals surface area contributed by atoms with Gasteiger partial charge in [-0.2, -0.15) is 0 Å². The molecular formula is C20H24N2O3. The Kier molecular flexibility index (Phi) is 5.46. The molecule has 1 saturated heterocycles. The number of pyridine rings is 1. The van der Waals surface area contributed by atoms with E-state index in [4.69, 9.17) is 9.47 Å². The van der Waals surface area contributed by atoms with E-state index in [1.807, 2.05) is 43.3 Å². The maximum Gasteiger partial charge on any atom is 0.244 e. The lowest BCUT2D eigenvalue weighted by molar-refractivity contribution is -0.154. The average Bonchev–Trinajstić information content (AvgIpc) is 3.04. The fourth-order valence-electron chi connectivity index (χ4n) is 3.14. The number of carbonyl (C=O) groups is 1. The number of carbonyl (C=O) groups excluding carboxylic acids is 1. The van der Waals surface area contributed by atoms with Gasteiger partial charge in [-0.25, -0.2) is 0 Å². The van der Waals surface area contributed by atoms with Crippen molar-refractivity contribution in [2.75, 3.05) is 19.8 Å². The first-order valence-corrected chi connectivity index (χ1v) is 8.63. The molecular weight excluding hydrogens is 316 g/mol. The molecule has 1 aromatic carbocycles. The number of rotatable bonds is 6. The smallest absolute Gasteiger partial charge is 0.244 e. The molecule has 0 bridgehead atoms. The summed E-state index contributed by atoms with van der Waals surface area (Å²) < 4.78 is 11.2. The molecule has 1 amide bonds. The lowest BCUT2D eigenvalue weighted by Gasteiger charge is -2.25. The van der Waals surface area contributed by atoms with Crippen LogP contribution in [0.15, 0.2) is 42.6 Å². The lowest BCUT2D eigenvalue weighted by Crippen LogP contribution is -2.33. The highest BCUT2D eigenvalue weighted by molar-refractivity contribution is 5.95. The number of nitrogens with zero attached hydrogens (tertiary/aromatic N) is 1. The molecule has 1 aliphatic heterocycles. The minimum Gasteiger partial charge on any atom is -0.352 e.